The van der Waals surface area contributed by atoms with E-state index >= 15 is 0 Å². The van der Waals surface area contributed by atoms with Crippen molar-refractivity contribution in [1.29, 1.82) is 0 Å². The molecule has 4 nitrogen and oxygen atoms in total. The minimum absolute atomic E-state index is 0.00784. The smallest absolute Gasteiger partial charge is 0.226 e. The first kappa shape index (κ1) is 15.3. The summed E-state index contributed by atoms with van der Waals surface area (Å²) in [4.78, 5) is 12.2. The van der Waals surface area contributed by atoms with E-state index in [2.05, 4.69) is 23.1 Å². The molecule has 2 unspecified atom stereocenters. The third kappa shape index (κ3) is 3.94. The normalized spacial score (nSPS) is 21.9. The van der Waals surface area contributed by atoms with Crippen molar-refractivity contribution in [3.8, 4) is 0 Å². The summed E-state index contributed by atoms with van der Waals surface area (Å²) in [7, 11) is 0. The number of hydrazine groups is 1. The van der Waals surface area contributed by atoms with Crippen molar-refractivity contribution in [3.63, 3.8) is 0 Å². The van der Waals surface area contributed by atoms with Crippen LogP contribution >= 0.6 is 11.8 Å². The molecule has 6 heteroatoms. The first-order valence-corrected chi connectivity index (χ1v) is 7.97. The number of hydrogen-bond donors (Lipinski definition) is 3. The van der Waals surface area contributed by atoms with Crippen LogP contribution < -0.4 is 16.2 Å². The van der Waals surface area contributed by atoms with E-state index in [4.69, 9.17) is 0 Å². The lowest BCUT2D eigenvalue weighted by molar-refractivity contribution is -0.124. The fourth-order valence-corrected chi connectivity index (χ4v) is 2.81. The molecular formula is C14H20FN3OS. The molecule has 0 spiro atoms. The van der Waals surface area contributed by atoms with Crippen molar-refractivity contribution >= 4 is 17.7 Å². The molecule has 0 bridgehead atoms. The number of nitrogens with one attached hydrogen (secondary N) is 3. The molecule has 20 heavy (non-hydrogen) atoms. The monoisotopic (exact) mass is 297 g/mol. The van der Waals surface area contributed by atoms with Gasteiger partial charge in [0.2, 0.25) is 5.91 Å². The molecule has 3 N–H and O–H groups in total. The second-order valence-electron chi connectivity index (χ2n) is 4.65. The molecule has 0 aromatic heterocycles. The first-order valence-electron chi connectivity index (χ1n) is 6.81. The topological polar surface area (TPSA) is 53.2 Å². The Morgan fingerprint density at radius 2 is 2.40 bits per heavy atom. The van der Waals surface area contributed by atoms with Gasteiger partial charge in [-0.15, -0.1) is 0 Å². The maximum absolute atomic E-state index is 13.3. The molecule has 1 saturated heterocycles. The summed E-state index contributed by atoms with van der Waals surface area (Å²) in [6.45, 7) is 3.31. The van der Waals surface area contributed by atoms with Crippen molar-refractivity contribution < 1.29 is 9.18 Å². The predicted octanol–water partition coefficient (Wildman–Crippen LogP) is 1.46. The van der Waals surface area contributed by atoms with Gasteiger partial charge in [0.25, 0.3) is 0 Å². The number of halogens is 1. The summed E-state index contributed by atoms with van der Waals surface area (Å²) >= 11 is 1.80. The van der Waals surface area contributed by atoms with Gasteiger partial charge >= 0.3 is 0 Å². The molecule has 1 aliphatic heterocycles. The van der Waals surface area contributed by atoms with Crippen molar-refractivity contribution in [2.45, 2.75) is 13.0 Å². The molecule has 1 aliphatic rings. The van der Waals surface area contributed by atoms with Gasteiger partial charge < -0.3 is 5.32 Å². The Kier molecular flexibility index (Phi) is 5.82. The highest BCUT2D eigenvalue weighted by atomic mass is 32.2. The van der Waals surface area contributed by atoms with Crippen LogP contribution in [0.25, 0.3) is 0 Å². The van der Waals surface area contributed by atoms with Crippen LogP contribution in [-0.2, 0) is 4.79 Å². The van der Waals surface area contributed by atoms with Gasteiger partial charge in [-0.2, -0.15) is 11.8 Å². The van der Waals surface area contributed by atoms with E-state index in [1.807, 2.05) is 6.07 Å². The number of carbonyl (C=O) groups excluding carboxylic acids is 1. The Hall–Kier alpha value is -1.11. The van der Waals surface area contributed by atoms with Crippen LogP contribution in [0.3, 0.4) is 0 Å². The maximum atomic E-state index is 13.3. The minimum Gasteiger partial charge on any atom is -0.355 e. The molecule has 2 atom stereocenters. The average molecular weight is 297 g/mol. The Bertz CT molecular complexity index is 458. The van der Waals surface area contributed by atoms with Gasteiger partial charge in [-0.05, 0) is 23.4 Å². The van der Waals surface area contributed by atoms with E-state index in [9.17, 15) is 9.18 Å². The molecule has 2 rings (SSSR count). The Labute approximate surface area is 122 Å². The second-order valence-corrected chi connectivity index (χ2v) is 6.05. The van der Waals surface area contributed by atoms with E-state index in [1.54, 1.807) is 17.8 Å². The third-order valence-electron chi connectivity index (χ3n) is 3.28. The SMILES string of the molecule is CCSCCNC(=O)C1CNNC1c1cccc(F)c1. The maximum Gasteiger partial charge on any atom is 0.226 e. The van der Waals surface area contributed by atoms with E-state index in [-0.39, 0.29) is 23.7 Å². The van der Waals surface area contributed by atoms with E-state index < -0.39 is 0 Å². The third-order valence-corrected chi connectivity index (χ3v) is 4.18. The fraction of sp³-hybridized carbons (Fsp3) is 0.500. The van der Waals surface area contributed by atoms with Gasteiger partial charge in [-0.1, -0.05) is 19.1 Å². The summed E-state index contributed by atoms with van der Waals surface area (Å²) in [5, 5.41) is 2.94. The van der Waals surface area contributed by atoms with Gasteiger partial charge in [0.05, 0.1) is 12.0 Å². The zero-order chi connectivity index (χ0) is 14.4. The van der Waals surface area contributed by atoms with E-state index in [0.717, 1.165) is 17.1 Å². The van der Waals surface area contributed by atoms with Crippen LogP contribution in [0.4, 0.5) is 4.39 Å². The largest absolute Gasteiger partial charge is 0.355 e. The molecule has 1 aromatic rings. The van der Waals surface area contributed by atoms with Crippen molar-refractivity contribution in [2.24, 2.45) is 5.92 Å². The lowest BCUT2D eigenvalue weighted by Crippen LogP contribution is -2.36. The highest BCUT2D eigenvalue weighted by Gasteiger charge is 2.33. The summed E-state index contributed by atoms with van der Waals surface area (Å²) in [6.07, 6.45) is 0. The van der Waals surface area contributed by atoms with Gasteiger partial charge in [0.15, 0.2) is 0 Å². The molecule has 1 heterocycles. The van der Waals surface area contributed by atoms with Gasteiger partial charge in [0, 0.05) is 18.8 Å². The van der Waals surface area contributed by atoms with Crippen LogP contribution in [0.2, 0.25) is 0 Å². The van der Waals surface area contributed by atoms with Gasteiger partial charge in [-0.3, -0.25) is 10.2 Å². The van der Waals surface area contributed by atoms with Crippen molar-refractivity contribution in [1.82, 2.24) is 16.2 Å². The number of thioether (sulfide) groups is 1. The summed E-state index contributed by atoms with van der Waals surface area (Å²) in [5.74, 6) is 1.47. The molecule has 1 fully saturated rings. The van der Waals surface area contributed by atoms with E-state index in [1.165, 1.54) is 12.1 Å². The zero-order valence-corrected chi connectivity index (χ0v) is 12.3. The minimum atomic E-state index is -0.283. The van der Waals surface area contributed by atoms with Crippen LogP contribution in [0.1, 0.15) is 18.5 Å². The standard InChI is InChI=1S/C14H20FN3OS/c1-2-20-7-6-16-14(19)12-9-17-18-13(12)10-4-3-5-11(15)8-10/h3-5,8,12-13,17-18H,2,6-7,9H2,1H3,(H,16,19). The quantitative estimate of drug-likeness (QED) is 0.696. The first-order chi connectivity index (χ1) is 9.72. The number of amides is 1. The molecular weight excluding hydrogens is 277 g/mol. The summed E-state index contributed by atoms with van der Waals surface area (Å²) in [6, 6.07) is 6.18. The molecule has 1 amide bonds. The second kappa shape index (κ2) is 7.61. The average Bonchev–Trinajstić information content (AvgIpc) is 2.93. The summed E-state index contributed by atoms with van der Waals surface area (Å²) < 4.78 is 13.3. The Morgan fingerprint density at radius 3 is 3.15 bits per heavy atom. The number of hydrogen-bond acceptors (Lipinski definition) is 4. The molecule has 0 radical (unpaired) electrons. The molecule has 0 aliphatic carbocycles. The molecule has 1 aromatic carbocycles. The number of rotatable bonds is 6. The zero-order valence-electron chi connectivity index (χ0n) is 11.5. The molecule has 0 saturated carbocycles. The van der Waals surface area contributed by atoms with Crippen LogP contribution in [0, 0.1) is 11.7 Å². The number of carbonyl (C=O) groups is 1. The molecule has 110 valence electrons. The fourth-order valence-electron chi connectivity index (χ4n) is 2.28. The highest BCUT2D eigenvalue weighted by molar-refractivity contribution is 7.99. The van der Waals surface area contributed by atoms with Gasteiger partial charge in [-0.25, -0.2) is 9.82 Å². The number of benzene rings is 1. The lowest BCUT2D eigenvalue weighted by atomic mass is 9.94. The van der Waals surface area contributed by atoms with E-state index in [0.29, 0.717) is 13.1 Å². The van der Waals surface area contributed by atoms with Gasteiger partial charge in [0.1, 0.15) is 5.82 Å². The van der Waals surface area contributed by atoms with Crippen molar-refractivity contribution in [2.75, 3.05) is 24.6 Å². The Morgan fingerprint density at radius 1 is 1.55 bits per heavy atom. The summed E-state index contributed by atoms with van der Waals surface area (Å²) in [5.41, 5.74) is 6.82. The van der Waals surface area contributed by atoms with Crippen LogP contribution in [0.15, 0.2) is 24.3 Å². The van der Waals surface area contributed by atoms with Crippen LogP contribution in [0.5, 0.6) is 0 Å². The van der Waals surface area contributed by atoms with Crippen LogP contribution in [-0.4, -0.2) is 30.5 Å². The lowest BCUT2D eigenvalue weighted by Gasteiger charge is -2.18. The predicted molar refractivity (Wildman–Crippen MR) is 79.8 cm³/mol. The Balaban J connectivity index is 1.95. The van der Waals surface area contributed by atoms with Crippen molar-refractivity contribution in [3.05, 3.63) is 35.6 Å². The highest BCUT2D eigenvalue weighted by Crippen LogP contribution is 2.25.